The molecule has 2 heterocycles. The standard InChI is InChI=1S/C18H23N3O2S/c1-3-14-10-19-17(24-14)12(2)20-18(23)21-9-8-13-6-4-5-7-15(13)16(21)11-22/h4-7,10,12,16,22H,3,8-9,11H2,1-2H3,(H,20,23)/t12-,16+/m1/s1. The van der Waals surface area contributed by atoms with Gasteiger partial charge in [0.25, 0.3) is 0 Å². The number of aliphatic hydroxyl groups is 1. The Kier molecular flexibility index (Phi) is 5.16. The van der Waals surface area contributed by atoms with E-state index in [2.05, 4.69) is 23.3 Å². The van der Waals surface area contributed by atoms with E-state index in [-0.39, 0.29) is 24.7 Å². The molecule has 2 atom stereocenters. The van der Waals surface area contributed by atoms with Crippen LogP contribution in [-0.2, 0) is 12.8 Å². The molecule has 0 bridgehead atoms. The molecule has 2 N–H and O–H groups in total. The van der Waals surface area contributed by atoms with Gasteiger partial charge in [-0.25, -0.2) is 9.78 Å². The molecule has 2 amide bonds. The van der Waals surface area contributed by atoms with Crippen molar-refractivity contribution in [3.05, 3.63) is 51.5 Å². The first kappa shape index (κ1) is 16.9. The molecule has 0 unspecified atom stereocenters. The summed E-state index contributed by atoms with van der Waals surface area (Å²) in [6.45, 7) is 4.58. The normalized spacial score (nSPS) is 18.1. The third-order valence-corrected chi connectivity index (χ3v) is 5.80. The maximum atomic E-state index is 12.7. The number of hydrogen-bond donors (Lipinski definition) is 2. The molecule has 0 radical (unpaired) electrons. The number of thiazole rings is 1. The highest BCUT2D eigenvalue weighted by Crippen LogP contribution is 2.30. The van der Waals surface area contributed by atoms with Crippen LogP contribution in [-0.4, -0.2) is 34.2 Å². The van der Waals surface area contributed by atoms with Crippen LogP contribution >= 0.6 is 11.3 Å². The lowest BCUT2D eigenvalue weighted by molar-refractivity contribution is 0.125. The minimum absolute atomic E-state index is 0.0734. The molecular weight excluding hydrogens is 322 g/mol. The van der Waals surface area contributed by atoms with Gasteiger partial charge in [-0.3, -0.25) is 0 Å². The van der Waals surface area contributed by atoms with E-state index in [1.54, 1.807) is 16.2 Å². The molecule has 128 valence electrons. The maximum absolute atomic E-state index is 12.7. The Morgan fingerprint density at radius 3 is 3.00 bits per heavy atom. The maximum Gasteiger partial charge on any atom is 0.318 e. The number of amides is 2. The van der Waals surface area contributed by atoms with E-state index in [9.17, 15) is 9.90 Å². The fourth-order valence-corrected chi connectivity index (χ4v) is 3.97. The highest BCUT2D eigenvalue weighted by atomic mass is 32.1. The first-order chi connectivity index (χ1) is 11.6. The highest BCUT2D eigenvalue weighted by molar-refractivity contribution is 7.11. The summed E-state index contributed by atoms with van der Waals surface area (Å²) in [6.07, 6.45) is 3.63. The van der Waals surface area contributed by atoms with Gasteiger partial charge in [-0.1, -0.05) is 31.2 Å². The lowest BCUT2D eigenvalue weighted by Gasteiger charge is -2.36. The van der Waals surface area contributed by atoms with Gasteiger partial charge in [-0.05, 0) is 30.9 Å². The summed E-state index contributed by atoms with van der Waals surface area (Å²) < 4.78 is 0. The van der Waals surface area contributed by atoms with Gasteiger partial charge in [0.2, 0.25) is 0 Å². The Bertz CT molecular complexity index is 716. The number of aromatic nitrogens is 1. The Morgan fingerprint density at radius 1 is 1.50 bits per heavy atom. The second-order valence-electron chi connectivity index (χ2n) is 6.03. The van der Waals surface area contributed by atoms with Crippen molar-refractivity contribution in [2.75, 3.05) is 13.2 Å². The number of urea groups is 1. The Balaban J connectivity index is 1.72. The van der Waals surface area contributed by atoms with Crippen molar-refractivity contribution in [2.24, 2.45) is 0 Å². The van der Waals surface area contributed by atoms with E-state index >= 15 is 0 Å². The minimum Gasteiger partial charge on any atom is -0.394 e. The average Bonchev–Trinajstić information content (AvgIpc) is 3.09. The van der Waals surface area contributed by atoms with Crippen molar-refractivity contribution in [1.29, 1.82) is 0 Å². The first-order valence-electron chi connectivity index (χ1n) is 8.34. The number of nitrogens with one attached hydrogen (secondary N) is 1. The van der Waals surface area contributed by atoms with E-state index in [1.807, 2.05) is 31.3 Å². The highest BCUT2D eigenvalue weighted by Gasteiger charge is 2.31. The summed E-state index contributed by atoms with van der Waals surface area (Å²) in [5, 5.41) is 13.7. The van der Waals surface area contributed by atoms with Crippen LogP contribution in [0.4, 0.5) is 4.79 Å². The van der Waals surface area contributed by atoms with Crippen LogP contribution < -0.4 is 5.32 Å². The summed E-state index contributed by atoms with van der Waals surface area (Å²) in [7, 11) is 0. The molecule has 6 heteroatoms. The van der Waals surface area contributed by atoms with Gasteiger partial charge in [0.05, 0.1) is 18.7 Å². The van der Waals surface area contributed by atoms with Crippen LogP contribution in [0, 0.1) is 0 Å². The van der Waals surface area contributed by atoms with Crippen molar-refractivity contribution in [1.82, 2.24) is 15.2 Å². The van der Waals surface area contributed by atoms with E-state index in [1.165, 1.54) is 10.4 Å². The quantitative estimate of drug-likeness (QED) is 0.895. The van der Waals surface area contributed by atoms with Crippen LogP contribution in [0.25, 0.3) is 0 Å². The van der Waals surface area contributed by atoms with Gasteiger partial charge in [0, 0.05) is 17.6 Å². The number of benzene rings is 1. The fraction of sp³-hybridized carbons (Fsp3) is 0.444. The molecule has 1 aliphatic heterocycles. The topological polar surface area (TPSA) is 65.5 Å². The molecule has 24 heavy (non-hydrogen) atoms. The molecule has 0 aliphatic carbocycles. The number of aliphatic hydroxyl groups excluding tert-OH is 1. The minimum atomic E-state index is -0.287. The molecule has 2 aromatic rings. The summed E-state index contributed by atoms with van der Waals surface area (Å²) in [5.74, 6) is 0. The second-order valence-corrected chi connectivity index (χ2v) is 7.18. The van der Waals surface area contributed by atoms with Crippen LogP contribution in [0.5, 0.6) is 0 Å². The summed E-state index contributed by atoms with van der Waals surface area (Å²) >= 11 is 1.63. The van der Waals surface area contributed by atoms with Crippen molar-refractivity contribution in [3.8, 4) is 0 Å². The molecule has 0 saturated heterocycles. The molecule has 0 spiro atoms. The smallest absolute Gasteiger partial charge is 0.318 e. The SMILES string of the molecule is CCc1cnc([C@@H](C)NC(=O)N2CCc3ccccc3[C@@H]2CO)s1. The number of aryl methyl sites for hydroxylation is 1. The van der Waals surface area contributed by atoms with Crippen molar-refractivity contribution < 1.29 is 9.90 Å². The molecular formula is C18H23N3O2S. The number of carbonyl (C=O) groups excluding carboxylic acids is 1. The molecule has 1 aliphatic rings. The van der Waals surface area contributed by atoms with Crippen LogP contribution in [0.1, 0.15) is 46.9 Å². The van der Waals surface area contributed by atoms with Gasteiger partial charge < -0.3 is 15.3 Å². The van der Waals surface area contributed by atoms with Crippen molar-refractivity contribution >= 4 is 17.4 Å². The third kappa shape index (κ3) is 3.30. The van der Waals surface area contributed by atoms with Crippen LogP contribution in [0.2, 0.25) is 0 Å². The van der Waals surface area contributed by atoms with E-state index in [4.69, 9.17) is 0 Å². The lowest BCUT2D eigenvalue weighted by atomic mass is 9.93. The first-order valence-corrected chi connectivity index (χ1v) is 9.16. The van der Waals surface area contributed by atoms with Crippen molar-refractivity contribution in [2.45, 2.75) is 38.8 Å². The number of rotatable bonds is 4. The average molecular weight is 345 g/mol. The van der Waals surface area contributed by atoms with Crippen LogP contribution in [0.15, 0.2) is 30.5 Å². The fourth-order valence-electron chi connectivity index (χ4n) is 3.11. The zero-order valence-electron chi connectivity index (χ0n) is 14.0. The summed E-state index contributed by atoms with van der Waals surface area (Å²) in [6, 6.07) is 7.44. The van der Waals surface area contributed by atoms with Gasteiger partial charge in [-0.2, -0.15) is 0 Å². The predicted octanol–water partition coefficient (Wildman–Crippen LogP) is 3.07. The number of fused-ring (bicyclic) bond motifs is 1. The Morgan fingerprint density at radius 2 is 2.29 bits per heavy atom. The number of hydrogen-bond acceptors (Lipinski definition) is 4. The third-order valence-electron chi connectivity index (χ3n) is 4.48. The van der Waals surface area contributed by atoms with Crippen molar-refractivity contribution in [3.63, 3.8) is 0 Å². The molecule has 1 aromatic carbocycles. The van der Waals surface area contributed by atoms with Gasteiger partial charge in [0.1, 0.15) is 5.01 Å². The van der Waals surface area contributed by atoms with E-state index < -0.39 is 0 Å². The molecule has 0 saturated carbocycles. The predicted molar refractivity (Wildman–Crippen MR) is 95.1 cm³/mol. The molecule has 5 nitrogen and oxygen atoms in total. The molecule has 0 fully saturated rings. The lowest BCUT2D eigenvalue weighted by Crippen LogP contribution is -2.47. The molecule has 3 rings (SSSR count). The monoisotopic (exact) mass is 345 g/mol. The Labute approximate surface area is 146 Å². The van der Waals surface area contributed by atoms with E-state index in [0.717, 1.165) is 23.4 Å². The summed E-state index contributed by atoms with van der Waals surface area (Å²) in [4.78, 5) is 20.1. The van der Waals surface area contributed by atoms with E-state index in [0.29, 0.717) is 6.54 Å². The van der Waals surface area contributed by atoms with Crippen LogP contribution in [0.3, 0.4) is 0 Å². The molecule has 1 aromatic heterocycles. The zero-order valence-corrected chi connectivity index (χ0v) is 14.8. The zero-order chi connectivity index (χ0) is 17.1. The Hall–Kier alpha value is -1.92. The largest absolute Gasteiger partial charge is 0.394 e. The van der Waals surface area contributed by atoms with Gasteiger partial charge in [-0.15, -0.1) is 11.3 Å². The summed E-state index contributed by atoms with van der Waals surface area (Å²) in [5.41, 5.74) is 2.25. The second kappa shape index (κ2) is 7.32. The van der Waals surface area contributed by atoms with Gasteiger partial charge >= 0.3 is 6.03 Å². The van der Waals surface area contributed by atoms with Gasteiger partial charge in [0.15, 0.2) is 0 Å². The number of nitrogens with zero attached hydrogens (tertiary/aromatic N) is 2. The number of carbonyl (C=O) groups is 1.